The number of hydrogen-bond acceptors (Lipinski definition) is 2. The first-order chi connectivity index (χ1) is 12.3. The van der Waals surface area contributed by atoms with Crippen molar-refractivity contribution in [3.05, 3.63) is 88.5 Å². The van der Waals surface area contributed by atoms with E-state index in [-0.39, 0.29) is 5.75 Å². The summed E-state index contributed by atoms with van der Waals surface area (Å²) in [6.45, 7) is 8.12. The fraction of sp³-hybridized carbons (Fsp3) is 0.217. The Kier molecular flexibility index (Phi) is 5.07. The molecule has 0 aliphatic rings. The molecule has 0 unspecified atom stereocenters. The Morgan fingerprint density at radius 3 is 1.58 bits per heavy atom. The van der Waals surface area contributed by atoms with Gasteiger partial charge in [0.05, 0.1) is 0 Å². The maximum absolute atomic E-state index is 14.4. The SMILES string of the molecule is Cc1cc(C)cc(P(=O)(Cc2ccccc2O)c2cc(C)cc(C)c2)c1. The number of phenolic OH excluding ortho intramolecular Hbond substituents is 1. The zero-order chi connectivity index (χ0) is 18.9. The molecule has 0 bridgehead atoms. The molecule has 0 radical (unpaired) electrons. The standard InChI is InChI=1S/C23H25O2P/c1-16-9-17(2)12-21(11-16)26(25,15-20-7-5-6-8-23(20)24)22-13-18(3)10-19(4)14-22/h5-14,24H,15H2,1-4H3. The number of benzene rings is 3. The average Bonchev–Trinajstić information content (AvgIpc) is 2.55. The summed E-state index contributed by atoms with van der Waals surface area (Å²) in [6.07, 6.45) is 0.311. The van der Waals surface area contributed by atoms with E-state index in [4.69, 9.17) is 0 Å². The van der Waals surface area contributed by atoms with Gasteiger partial charge in [-0.05, 0) is 58.0 Å². The van der Waals surface area contributed by atoms with Gasteiger partial charge in [-0.2, -0.15) is 0 Å². The van der Waals surface area contributed by atoms with Gasteiger partial charge in [0.2, 0.25) is 0 Å². The highest BCUT2D eigenvalue weighted by Gasteiger charge is 2.29. The number of aryl methyl sites for hydroxylation is 4. The highest BCUT2D eigenvalue weighted by atomic mass is 31.2. The number of aromatic hydroxyl groups is 1. The monoisotopic (exact) mass is 364 g/mol. The van der Waals surface area contributed by atoms with Crippen LogP contribution < -0.4 is 10.6 Å². The molecule has 1 N–H and O–H groups in total. The third-order valence-corrected chi connectivity index (χ3v) is 7.60. The second kappa shape index (κ2) is 7.13. The van der Waals surface area contributed by atoms with Gasteiger partial charge >= 0.3 is 0 Å². The summed E-state index contributed by atoms with van der Waals surface area (Å²) >= 11 is 0. The van der Waals surface area contributed by atoms with Crippen molar-refractivity contribution >= 4 is 17.8 Å². The zero-order valence-electron chi connectivity index (χ0n) is 15.8. The Balaban J connectivity index is 2.24. The second-order valence-corrected chi connectivity index (χ2v) is 10.0. The first-order valence-corrected chi connectivity index (χ1v) is 10.7. The van der Waals surface area contributed by atoms with Crippen molar-refractivity contribution in [1.82, 2.24) is 0 Å². The molecule has 0 heterocycles. The number of rotatable bonds is 4. The lowest BCUT2D eigenvalue weighted by Crippen LogP contribution is -2.19. The molecule has 0 fully saturated rings. The molecule has 0 saturated heterocycles. The van der Waals surface area contributed by atoms with Gasteiger partial charge in [-0.3, -0.25) is 0 Å². The van der Waals surface area contributed by atoms with Gasteiger partial charge in [-0.25, -0.2) is 0 Å². The van der Waals surface area contributed by atoms with Crippen molar-refractivity contribution < 1.29 is 9.67 Å². The quantitative estimate of drug-likeness (QED) is 0.651. The summed E-state index contributed by atoms with van der Waals surface area (Å²) in [5.74, 6) is 0.196. The summed E-state index contributed by atoms with van der Waals surface area (Å²) in [4.78, 5) is 0. The Morgan fingerprint density at radius 2 is 1.15 bits per heavy atom. The van der Waals surface area contributed by atoms with Crippen LogP contribution in [0.15, 0.2) is 60.7 Å². The molecule has 3 heteroatoms. The molecule has 0 saturated carbocycles. The Hall–Kier alpha value is -2.31. The predicted molar refractivity (Wildman–Crippen MR) is 111 cm³/mol. The van der Waals surface area contributed by atoms with E-state index in [9.17, 15) is 9.67 Å². The molecule has 0 amide bonds. The topological polar surface area (TPSA) is 37.3 Å². The highest BCUT2D eigenvalue weighted by Crippen LogP contribution is 2.49. The molecular weight excluding hydrogens is 339 g/mol. The van der Waals surface area contributed by atoms with E-state index in [2.05, 4.69) is 12.1 Å². The number of phenols is 1. The molecule has 3 aromatic rings. The summed E-state index contributed by atoms with van der Waals surface area (Å²) in [5.41, 5.74) is 5.11. The van der Waals surface area contributed by atoms with Gasteiger partial charge in [0.15, 0.2) is 0 Å². The Bertz CT molecular complexity index is 909. The van der Waals surface area contributed by atoms with Crippen molar-refractivity contribution in [3.63, 3.8) is 0 Å². The minimum Gasteiger partial charge on any atom is -0.508 e. The minimum atomic E-state index is -2.94. The van der Waals surface area contributed by atoms with E-state index in [1.807, 2.05) is 64.1 Å². The fourth-order valence-electron chi connectivity index (χ4n) is 3.53. The molecule has 2 nitrogen and oxygen atoms in total. The maximum Gasteiger partial charge on any atom is 0.147 e. The Morgan fingerprint density at radius 1 is 0.731 bits per heavy atom. The van der Waals surface area contributed by atoms with Crippen LogP contribution in [0.1, 0.15) is 27.8 Å². The zero-order valence-corrected chi connectivity index (χ0v) is 16.7. The molecule has 0 aliphatic carbocycles. The van der Waals surface area contributed by atoms with E-state index in [0.29, 0.717) is 11.7 Å². The van der Waals surface area contributed by atoms with Gasteiger partial charge < -0.3 is 9.67 Å². The first kappa shape index (κ1) is 18.5. The van der Waals surface area contributed by atoms with E-state index in [1.165, 1.54) is 0 Å². The van der Waals surface area contributed by atoms with E-state index < -0.39 is 7.14 Å². The minimum absolute atomic E-state index is 0.196. The van der Waals surface area contributed by atoms with Crippen molar-refractivity contribution in [2.45, 2.75) is 33.9 Å². The van der Waals surface area contributed by atoms with Crippen molar-refractivity contribution in [3.8, 4) is 5.75 Å². The van der Waals surface area contributed by atoms with Crippen LogP contribution in [0.2, 0.25) is 0 Å². The van der Waals surface area contributed by atoms with Crippen LogP contribution >= 0.6 is 7.14 Å². The molecule has 0 aliphatic heterocycles. The van der Waals surface area contributed by atoms with Crippen LogP contribution in [0.4, 0.5) is 0 Å². The number of para-hydroxylation sites is 1. The summed E-state index contributed by atoms with van der Waals surface area (Å²) in [6, 6.07) is 19.4. The van der Waals surface area contributed by atoms with Crippen LogP contribution in [0.3, 0.4) is 0 Å². The van der Waals surface area contributed by atoms with Crippen molar-refractivity contribution in [1.29, 1.82) is 0 Å². The van der Waals surface area contributed by atoms with Crippen LogP contribution in [0.5, 0.6) is 5.75 Å². The van der Waals surface area contributed by atoms with Gasteiger partial charge in [0.1, 0.15) is 12.9 Å². The molecular formula is C23H25O2P. The fourth-order valence-corrected chi connectivity index (χ4v) is 6.59. The molecule has 0 aromatic heterocycles. The van der Waals surface area contributed by atoms with E-state index >= 15 is 0 Å². The van der Waals surface area contributed by atoms with E-state index in [1.54, 1.807) is 12.1 Å². The molecule has 3 aromatic carbocycles. The third kappa shape index (κ3) is 3.76. The van der Waals surface area contributed by atoms with Gasteiger partial charge in [0.25, 0.3) is 0 Å². The lowest BCUT2D eigenvalue weighted by Gasteiger charge is -2.22. The van der Waals surface area contributed by atoms with Crippen LogP contribution in [-0.2, 0) is 10.7 Å². The summed E-state index contributed by atoms with van der Waals surface area (Å²) in [5, 5.41) is 12.0. The molecule has 3 rings (SSSR count). The lowest BCUT2D eigenvalue weighted by atomic mass is 10.2. The van der Waals surface area contributed by atoms with Crippen molar-refractivity contribution in [2.75, 3.05) is 0 Å². The maximum atomic E-state index is 14.4. The summed E-state index contributed by atoms with van der Waals surface area (Å²) < 4.78 is 14.4. The normalized spacial score (nSPS) is 11.5. The van der Waals surface area contributed by atoms with Gasteiger partial charge in [-0.1, -0.05) is 52.6 Å². The summed E-state index contributed by atoms with van der Waals surface area (Å²) in [7, 11) is -2.94. The lowest BCUT2D eigenvalue weighted by molar-refractivity contribution is 0.470. The highest BCUT2D eigenvalue weighted by molar-refractivity contribution is 7.78. The largest absolute Gasteiger partial charge is 0.508 e. The Labute approximate surface area is 155 Å². The molecule has 26 heavy (non-hydrogen) atoms. The van der Waals surface area contributed by atoms with Gasteiger partial charge in [0, 0.05) is 22.3 Å². The predicted octanol–water partition coefficient (Wildman–Crippen LogP) is 5.14. The van der Waals surface area contributed by atoms with Crippen LogP contribution in [0.25, 0.3) is 0 Å². The molecule has 0 atom stereocenters. The van der Waals surface area contributed by atoms with Crippen LogP contribution in [0, 0.1) is 27.7 Å². The average molecular weight is 364 g/mol. The second-order valence-electron chi connectivity index (χ2n) is 7.22. The van der Waals surface area contributed by atoms with E-state index in [0.717, 1.165) is 32.9 Å². The molecule has 134 valence electrons. The third-order valence-electron chi connectivity index (χ3n) is 4.63. The first-order valence-electron chi connectivity index (χ1n) is 8.81. The smallest absolute Gasteiger partial charge is 0.147 e. The molecule has 0 spiro atoms. The van der Waals surface area contributed by atoms with Gasteiger partial charge in [-0.15, -0.1) is 0 Å². The number of hydrogen-bond donors (Lipinski definition) is 1. The van der Waals surface area contributed by atoms with Crippen molar-refractivity contribution in [2.24, 2.45) is 0 Å². The van der Waals surface area contributed by atoms with Crippen LogP contribution in [-0.4, -0.2) is 5.11 Å².